The molecule has 6 heteroatoms. The van der Waals surface area contributed by atoms with Crippen LogP contribution >= 0.6 is 23.1 Å². The van der Waals surface area contributed by atoms with E-state index in [0.717, 1.165) is 4.21 Å². The molecule has 2 rings (SSSR count). The monoisotopic (exact) mass is 337 g/mol. The first-order valence-corrected chi connectivity index (χ1v) is 8.95. The Hall–Kier alpha value is -1.66. The Kier molecular flexibility index (Phi) is 6.61. The SMILES string of the molecule is CCOc1ccc(OCC)c(NC(=O)CSc2cccs2)c1. The lowest BCUT2D eigenvalue weighted by Gasteiger charge is -2.13. The average molecular weight is 337 g/mol. The molecule has 0 atom stereocenters. The predicted molar refractivity (Wildman–Crippen MR) is 92.5 cm³/mol. The summed E-state index contributed by atoms with van der Waals surface area (Å²) >= 11 is 3.15. The smallest absolute Gasteiger partial charge is 0.234 e. The summed E-state index contributed by atoms with van der Waals surface area (Å²) in [5, 5.41) is 4.90. The summed E-state index contributed by atoms with van der Waals surface area (Å²) in [4.78, 5) is 12.1. The van der Waals surface area contributed by atoms with Gasteiger partial charge in [0.15, 0.2) is 0 Å². The molecule has 0 aliphatic carbocycles. The van der Waals surface area contributed by atoms with Gasteiger partial charge >= 0.3 is 0 Å². The highest BCUT2D eigenvalue weighted by atomic mass is 32.2. The molecule has 4 nitrogen and oxygen atoms in total. The molecule has 0 radical (unpaired) electrons. The van der Waals surface area contributed by atoms with Crippen LogP contribution in [0.2, 0.25) is 0 Å². The third kappa shape index (κ3) is 4.96. The zero-order chi connectivity index (χ0) is 15.8. The summed E-state index contributed by atoms with van der Waals surface area (Å²) in [6, 6.07) is 9.43. The molecule has 1 aromatic heterocycles. The van der Waals surface area contributed by atoms with E-state index in [0.29, 0.717) is 36.2 Å². The van der Waals surface area contributed by atoms with E-state index in [9.17, 15) is 4.79 Å². The number of carbonyl (C=O) groups is 1. The van der Waals surface area contributed by atoms with Gasteiger partial charge in [-0.25, -0.2) is 0 Å². The molecule has 0 aliphatic rings. The van der Waals surface area contributed by atoms with Crippen LogP contribution in [0.5, 0.6) is 11.5 Å². The highest BCUT2D eigenvalue weighted by Gasteiger charge is 2.10. The van der Waals surface area contributed by atoms with E-state index in [-0.39, 0.29) is 5.91 Å². The molecule has 0 aliphatic heterocycles. The number of hydrogen-bond donors (Lipinski definition) is 1. The second kappa shape index (κ2) is 8.70. The normalized spacial score (nSPS) is 10.3. The molecular weight excluding hydrogens is 318 g/mol. The zero-order valence-electron chi connectivity index (χ0n) is 12.6. The van der Waals surface area contributed by atoms with Crippen molar-refractivity contribution in [3.63, 3.8) is 0 Å². The van der Waals surface area contributed by atoms with Crippen molar-refractivity contribution in [2.45, 2.75) is 18.1 Å². The van der Waals surface area contributed by atoms with Crippen LogP contribution in [0.3, 0.4) is 0 Å². The molecule has 0 saturated heterocycles. The molecule has 2 aromatic rings. The van der Waals surface area contributed by atoms with Crippen LogP contribution in [0.4, 0.5) is 5.69 Å². The number of hydrogen-bond acceptors (Lipinski definition) is 5. The van der Waals surface area contributed by atoms with Crippen LogP contribution in [-0.4, -0.2) is 24.9 Å². The molecule has 1 N–H and O–H groups in total. The number of ether oxygens (including phenoxy) is 2. The maximum atomic E-state index is 12.1. The van der Waals surface area contributed by atoms with Crippen molar-refractivity contribution in [3.05, 3.63) is 35.7 Å². The van der Waals surface area contributed by atoms with Crippen LogP contribution in [0.1, 0.15) is 13.8 Å². The molecule has 0 bridgehead atoms. The van der Waals surface area contributed by atoms with Gasteiger partial charge in [-0.3, -0.25) is 4.79 Å². The van der Waals surface area contributed by atoms with Gasteiger partial charge in [-0.15, -0.1) is 23.1 Å². The Balaban J connectivity index is 2.01. The average Bonchev–Trinajstić information content (AvgIpc) is 3.02. The predicted octanol–water partition coefficient (Wildman–Crippen LogP) is 4.28. The molecule has 22 heavy (non-hydrogen) atoms. The third-order valence-corrected chi connectivity index (χ3v) is 4.81. The molecule has 1 heterocycles. The lowest BCUT2D eigenvalue weighted by Crippen LogP contribution is -2.15. The Morgan fingerprint density at radius 2 is 2.05 bits per heavy atom. The molecule has 0 spiro atoms. The maximum absolute atomic E-state index is 12.1. The number of amides is 1. The van der Waals surface area contributed by atoms with Crippen LogP contribution in [-0.2, 0) is 4.79 Å². The molecule has 1 aromatic carbocycles. The van der Waals surface area contributed by atoms with Gasteiger partial charge in [0.25, 0.3) is 0 Å². The minimum Gasteiger partial charge on any atom is -0.494 e. The van der Waals surface area contributed by atoms with Crippen molar-refractivity contribution in [2.75, 3.05) is 24.3 Å². The first-order valence-electron chi connectivity index (χ1n) is 7.08. The van der Waals surface area contributed by atoms with Gasteiger partial charge < -0.3 is 14.8 Å². The van der Waals surface area contributed by atoms with Crippen molar-refractivity contribution >= 4 is 34.7 Å². The molecule has 0 unspecified atom stereocenters. The second-order valence-electron chi connectivity index (χ2n) is 4.29. The van der Waals surface area contributed by atoms with Crippen molar-refractivity contribution in [1.29, 1.82) is 0 Å². The van der Waals surface area contributed by atoms with Gasteiger partial charge in [-0.1, -0.05) is 6.07 Å². The Bertz CT molecular complexity index is 599. The van der Waals surface area contributed by atoms with Crippen LogP contribution in [0.15, 0.2) is 39.9 Å². The van der Waals surface area contributed by atoms with Crippen molar-refractivity contribution in [1.82, 2.24) is 0 Å². The van der Waals surface area contributed by atoms with Crippen LogP contribution in [0, 0.1) is 0 Å². The summed E-state index contributed by atoms with van der Waals surface area (Å²) in [6.07, 6.45) is 0. The van der Waals surface area contributed by atoms with Crippen LogP contribution < -0.4 is 14.8 Å². The quantitative estimate of drug-likeness (QED) is 0.731. The van der Waals surface area contributed by atoms with Crippen LogP contribution in [0.25, 0.3) is 0 Å². The lowest BCUT2D eigenvalue weighted by molar-refractivity contribution is -0.113. The van der Waals surface area contributed by atoms with E-state index in [1.54, 1.807) is 17.4 Å². The third-order valence-electron chi connectivity index (χ3n) is 2.68. The second-order valence-corrected chi connectivity index (χ2v) is 6.52. The van der Waals surface area contributed by atoms with Gasteiger partial charge in [0.05, 0.1) is 28.9 Å². The summed E-state index contributed by atoms with van der Waals surface area (Å²) < 4.78 is 12.1. The Morgan fingerprint density at radius 3 is 2.73 bits per heavy atom. The maximum Gasteiger partial charge on any atom is 0.234 e. The number of thiophene rings is 1. The fraction of sp³-hybridized carbons (Fsp3) is 0.312. The van der Waals surface area contributed by atoms with E-state index in [1.165, 1.54) is 11.8 Å². The minimum absolute atomic E-state index is 0.0620. The van der Waals surface area contributed by atoms with E-state index in [4.69, 9.17) is 9.47 Å². The van der Waals surface area contributed by atoms with E-state index < -0.39 is 0 Å². The number of thioether (sulfide) groups is 1. The number of rotatable bonds is 8. The molecule has 0 saturated carbocycles. The molecule has 118 valence electrons. The fourth-order valence-electron chi connectivity index (χ4n) is 1.81. The van der Waals surface area contributed by atoms with Crippen molar-refractivity contribution in [2.24, 2.45) is 0 Å². The Labute approximate surface area is 138 Å². The van der Waals surface area contributed by atoms with E-state index in [1.807, 2.05) is 43.5 Å². The Morgan fingerprint density at radius 1 is 1.23 bits per heavy atom. The topological polar surface area (TPSA) is 47.6 Å². The summed E-state index contributed by atoms with van der Waals surface area (Å²) in [7, 11) is 0. The van der Waals surface area contributed by atoms with Crippen molar-refractivity contribution < 1.29 is 14.3 Å². The molecule has 1 amide bonds. The largest absolute Gasteiger partial charge is 0.494 e. The summed E-state index contributed by atoms with van der Waals surface area (Å²) in [6.45, 7) is 4.96. The summed E-state index contributed by atoms with van der Waals surface area (Å²) in [5.41, 5.74) is 0.643. The highest BCUT2D eigenvalue weighted by molar-refractivity contribution is 8.01. The van der Waals surface area contributed by atoms with Gasteiger partial charge in [0, 0.05) is 6.07 Å². The standard InChI is InChI=1S/C16H19NO3S2/c1-3-19-12-7-8-14(20-4-2)13(10-12)17-15(18)11-22-16-6-5-9-21-16/h5-10H,3-4,11H2,1-2H3,(H,17,18). The highest BCUT2D eigenvalue weighted by Crippen LogP contribution is 2.30. The van der Waals surface area contributed by atoms with Gasteiger partial charge in [-0.2, -0.15) is 0 Å². The lowest BCUT2D eigenvalue weighted by atomic mass is 10.2. The van der Waals surface area contributed by atoms with E-state index in [2.05, 4.69) is 5.32 Å². The molecule has 0 fully saturated rings. The van der Waals surface area contributed by atoms with Gasteiger partial charge in [0.1, 0.15) is 11.5 Å². The van der Waals surface area contributed by atoms with E-state index >= 15 is 0 Å². The number of benzene rings is 1. The molecular formula is C16H19NO3S2. The summed E-state index contributed by atoms with van der Waals surface area (Å²) in [5.74, 6) is 1.67. The fourth-order valence-corrected chi connectivity index (χ4v) is 3.40. The van der Waals surface area contributed by atoms with Gasteiger partial charge in [0.2, 0.25) is 5.91 Å². The van der Waals surface area contributed by atoms with Crippen molar-refractivity contribution in [3.8, 4) is 11.5 Å². The first kappa shape index (κ1) is 16.7. The minimum atomic E-state index is -0.0620. The zero-order valence-corrected chi connectivity index (χ0v) is 14.3. The number of carbonyl (C=O) groups excluding carboxylic acids is 1. The van der Waals surface area contributed by atoms with Gasteiger partial charge in [-0.05, 0) is 37.4 Å². The number of nitrogens with one attached hydrogen (secondary N) is 1. The first-order chi connectivity index (χ1) is 10.7. The number of anilines is 1.